The molecule has 0 aromatic heterocycles. The van der Waals surface area contributed by atoms with Crippen molar-refractivity contribution in [3.8, 4) is 6.07 Å². The lowest BCUT2D eigenvalue weighted by Gasteiger charge is -2.28. The molecule has 1 fully saturated rings. The molecule has 3 unspecified atom stereocenters. The molecule has 0 saturated heterocycles. The highest BCUT2D eigenvalue weighted by Crippen LogP contribution is 2.37. The van der Waals surface area contributed by atoms with Crippen molar-refractivity contribution < 1.29 is 0 Å². The smallest absolute Gasteiger partial charge is 0.105 e. The molecule has 0 amide bonds. The Hall–Kier alpha value is -0.590. The van der Waals surface area contributed by atoms with Crippen molar-refractivity contribution >= 4 is 0 Å². The Labute approximate surface area is 106 Å². The molecule has 0 aromatic carbocycles. The summed E-state index contributed by atoms with van der Waals surface area (Å²) in [5.74, 6) is 1.81. The molecule has 3 heteroatoms. The lowest BCUT2D eigenvalue weighted by Crippen LogP contribution is -2.47. The van der Waals surface area contributed by atoms with Gasteiger partial charge in [0, 0.05) is 19.1 Å². The minimum atomic E-state index is -0.391. The molecule has 3 nitrogen and oxygen atoms in total. The van der Waals surface area contributed by atoms with Crippen LogP contribution in [0.25, 0.3) is 0 Å². The Morgan fingerprint density at radius 3 is 2.53 bits per heavy atom. The molecule has 0 spiro atoms. The fourth-order valence-electron chi connectivity index (χ4n) is 2.36. The molecule has 1 rings (SSSR count). The van der Waals surface area contributed by atoms with Crippen LogP contribution >= 0.6 is 0 Å². The summed E-state index contributed by atoms with van der Waals surface area (Å²) in [7, 11) is 2.16. The summed E-state index contributed by atoms with van der Waals surface area (Å²) in [6, 6.07) is 2.76. The van der Waals surface area contributed by atoms with Crippen LogP contribution in [0.2, 0.25) is 0 Å². The predicted octanol–water partition coefficient (Wildman–Crippen LogP) is 2.24. The van der Waals surface area contributed by atoms with Crippen LogP contribution in [-0.2, 0) is 0 Å². The van der Waals surface area contributed by atoms with Gasteiger partial charge in [-0.15, -0.1) is 0 Å². The maximum atomic E-state index is 9.25. The summed E-state index contributed by atoms with van der Waals surface area (Å²) in [6.45, 7) is 10.7. The van der Waals surface area contributed by atoms with Crippen LogP contribution in [0.15, 0.2) is 0 Å². The molecule has 0 heterocycles. The monoisotopic (exact) mass is 237 g/mol. The zero-order valence-electron chi connectivity index (χ0n) is 12.0. The third kappa shape index (κ3) is 5.06. The predicted molar refractivity (Wildman–Crippen MR) is 71.7 cm³/mol. The molecule has 3 atom stereocenters. The number of hydrogen-bond donors (Lipinski definition) is 1. The van der Waals surface area contributed by atoms with E-state index in [1.807, 2.05) is 6.92 Å². The summed E-state index contributed by atoms with van der Waals surface area (Å²) in [6.07, 6.45) is 2.27. The molecule has 0 radical (unpaired) electrons. The Bertz CT molecular complexity index is 282. The van der Waals surface area contributed by atoms with Crippen LogP contribution in [0.5, 0.6) is 0 Å². The van der Waals surface area contributed by atoms with E-state index in [4.69, 9.17) is 0 Å². The third-order valence-corrected chi connectivity index (χ3v) is 3.67. The SMILES string of the molecule is CC(C)NC(C)(C#N)CCN(C)CC1CC1C. The van der Waals surface area contributed by atoms with Crippen molar-refractivity contribution in [2.24, 2.45) is 11.8 Å². The molecule has 0 bridgehead atoms. The van der Waals surface area contributed by atoms with Gasteiger partial charge in [0.2, 0.25) is 0 Å². The van der Waals surface area contributed by atoms with E-state index >= 15 is 0 Å². The average Bonchev–Trinajstić information content (AvgIpc) is 2.90. The van der Waals surface area contributed by atoms with E-state index in [-0.39, 0.29) is 0 Å². The van der Waals surface area contributed by atoms with Gasteiger partial charge in [0.25, 0.3) is 0 Å². The first-order valence-corrected chi connectivity index (χ1v) is 6.74. The Morgan fingerprint density at radius 1 is 1.53 bits per heavy atom. The molecule has 1 aliphatic rings. The van der Waals surface area contributed by atoms with Crippen LogP contribution in [0, 0.1) is 23.2 Å². The molecule has 17 heavy (non-hydrogen) atoms. The third-order valence-electron chi connectivity index (χ3n) is 3.67. The number of hydrogen-bond acceptors (Lipinski definition) is 3. The van der Waals surface area contributed by atoms with Crippen molar-refractivity contribution in [1.29, 1.82) is 5.26 Å². The maximum Gasteiger partial charge on any atom is 0.105 e. The summed E-state index contributed by atoms with van der Waals surface area (Å²) in [5.41, 5.74) is -0.391. The quantitative estimate of drug-likeness (QED) is 0.738. The molecule has 1 aliphatic carbocycles. The van der Waals surface area contributed by atoms with E-state index in [0.717, 1.165) is 24.8 Å². The zero-order chi connectivity index (χ0) is 13.1. The highest BCUT2D eigenvalue weighted by molar-refractivity contribution is 5.04. The van der Waals surface area contributed by atoms with Gasteiger partial charge in [-0.3, -0.25) is 5.32 Å². The van der Waals surface area contributed by atoms with Gasteiger partial charge >= 0.3 is 0 Å². The number of nitrogens with zero attached hydrogens (tertiary/aromatic N) is 2. The summed E-state index contributed by atoms with van der Waals surface area (Å²) >= 11 is 0. The lowest BCUT2D eigenvalue weighted by atomic mass is 9.98. The lowest BCUT2D eigenvalue weighted by molar-refractivity contribution is 0.269. The first-order valence-electron chi connectivity index (χ1n) is 6.74. The van der Waals surface area contributed by atoms with Gasteiger partial charge < -0.3 is 4.90 Å². The molecular formula is C14H27N3. The van der Waals surface area contributed by atoms with Crippen molar-refractivity contribution in [3.63, 3.8) is 0 Å². The first kappa shape index (κ1) is 14.5. The average molecular weight is 237 g/mol. The van der Waals surface area contributed by atoms with Crippen molar-refractivity contribution in [1.82, 2.24) is 10.2 Å². The van der Waals surface area contributed by atoms with E-state index in [1.54, 1.807) is 0 Å². The standard InChI is InChI=1S/C14H27N3/c1-11(2)16-14(4,10-15)6-7-17(5)9-13-8-12(13)3/h11-13,16H,6-9H2,1-5H3. The Morgan fingerprint density at radius 2 is 2.12 bits per heavy atom. The number of nitriles is 1. The molecule has 1 N–H and O–H groups in total. The van der Waals surface area contributed by atoms with Crippen LogP contribution in [0.4, 0.5) is 0 Å². The largest absolute Gasteiger partial charge is 0.306 e. The molecule has 0 aromatic rings. The fraction of sp³-hybridized carbons (Fsp3) is 0.929. The van der Waals surface area contributed by atoms with Gasteiger partial charge in [-0.25, -0.2) is 0 Å². The second kappa shape index (κ2) is 5.84. The molecule has 0 aliphatic heterocycles. The fourth-order valence-corrected chi connectivity index (χ4v) is 2.36. The van der Waals surface area contributed by atoms with E-state index in [1.165, 1.54) is 13.0 Å². The van der Waals surface area contributed by atoms with Gasteiger partial charge in [-0.2, -0.15) is 5.26 Å². The van der Waals surface area contributed by atoms with E-state index < -0.39 is 5.54 Å². The van der Waals surface area contributed by atoms with Gasteiger partial charge in [-0.1, -0.05) is 6.92 Å². The van der Waals surface area contributed by atoms with Gasteiger partial charge in [-0.05, 0) is 52.5 Å². The van der Waals surface area contributed by atoms with Crippen LogP contribution in [-0.4, -0.2) is 36.6 Å². The molecular weight excluding hydrogens is 210 g/mol. The normalized spacial score (nSPS) is 26.9. The topological polar surface area (TPSA) is 39.1 Å². The maximum absolute atomic E-state index is 9.25. The second-order valence-corrected chi connectivity index (χ2v) is 6.23. The van der Waals surface area contributed by atoms with Gasteiger partial charge in [0.1, 0.15) is 5.54 Å². The summed E-state index contributed by atoms with van der Waals surface area (Å²) < 4.78 is 0. The highest BCUT2D eigenvalue weighted by Gasteiger charge is 2.33. The summed E-state index contributed by atoms with van der Waals surface area (Å²) in [5, 5.41) is 12.6. The highest BCUT2D eigenvalue weighted by atomic mass is 15.1. The van der Waals surface area contributed by atoms with Crippen LogP contribution in [0.3, 0.4) is 0 Å². The van der Waals surface area contributed by atoms with Crippen molar-refractivity contribution in [2.75, 3.05) is 20.1 Å². The van der Waals surface area contributed by atoms with E-state index in [0.29, 0.717) is 6.04 Å². The van der Waals surface area contributed by atoms with Crippen LogP contribution in [0.1, 0.15) is 40.5 Å². The number of nitrogens with one attached hydrogen (secondary N) is 1. The van der Waals surface area contributed by atoms with Crippen molar-refractivity contribution in [3.05, 3.63) is 0 Å². The minimum Gasteiger partial charge on any atom is -0.306 e. The molecule has 1 saturated carbocycles. The first-order chi connectivity index (χ1) is 7.86. The zero-order valence-corrected chi connectivity index (χ0v) is 12.0. The van der Waals surface area contributed by atoms with Gasteiger partial charge in [0.15, 0.2) is 0 Å². The van der Waals surface area contributed by atoms with E-state index in [2.05, 4.69) is 44.1 Å². The van der Waals surface area contributed by atoms with Crippen molar-refractivity contribution in [2.45, 2.75) is 52.1 Å². The summed E-state index contributed by atoms with van der Waals surface area (Å²) in [4.78, 5) is 2.37. The Balaban J connectivity index is 2.29. The number of rotatable bonds is 7. The van der Waals surface area contributed by atoms with E-state index in [9.17, 15) is 5.26 Å². The van der Waals surface area contributed by atoms with Gasteiger partial charge in [0.05, 0.1) is 6.07 Å². The Kier molecular flexibility index (Phi) is 4.97. The minimum absolute atomic E-state index is 0.355. The second-order valence-electron chi connectivity index (χ2n) is 6.23. The molecule has 98 valence electrons. The van der Waals surface area contributed by atoms with Crippen LogP contribution < -0.4 is 5.32 Å².